The van der Waals surface area contributed by atoms with Gasteiger partial charge in [-0.2, -0.15) is 0 Å². The summed E-state index contributed by atoms with van der Waals surface area (Å²) in [6, 6.07) is 0.217. The van der Waals surface area contributed by atoms with Gasteiger partial charge in [-0.1, -0.05) is 13.8 Å². The van der Waals surface area contributed by atoms with Gasteiger partial charge in [-0.3, -0.25) is 9.69 Å². The van der Waals surface area contributed by atoms with Crippen molar-refractivity contribution in [1.82, 2.24) is 10.2 Å². The Labute approximate surface area is 116 Å². The molecule has 0 radical (unpaired) electrons. The van der Waals surface area contributed by atoms with Crippen LogP contribution in [0.4, 0.5) is 0 Å². The molecule has 5 nitrogen and oxygen atoms in total. The van der Waals surface area contributed by atoms with Crippen molar-refractivity contribution < 1.29 is 9.53 Å². The molecule has 2 unspecified atom stereocenters. The van der Waals surface area contributed by atoms with Crippen molar-refractivity contribution in [3.63, 3.8) is 0 Å². The molecule has 0 spiro atoms. The quantitative estimate of drug-likeness (QED) is 0.756. The lowest BCUT2D eigenvalue weighted by Gasteiger charge is -2.32. The topological polar surface area (TPSA) is 67.6 Å². The number of rotatable bonds is 5. The molecule has 18 heavy (non-hydrogen) atoms. The second-order valence-corrected chi connectivity index (χ2v) is 5.06. The predicted octanol–water partition coefficient (Wildman–Crippen LogP) is 0.228. The lowest BCUT2D eigenvalue weighted by atomic mass is 10.1. The predicted molar refractivity (Wildman–Crippen MR) is 74.9 cm³/mol. The number of hydrogen-bond acceptors (Lipinski definition) is 4. The van der Waals surface area contributed by atoms with Gasteiger partial charge in [-0.25, -0.2) is 0 Å². The van der Waals surface area contributed by atoms with E-state index in [1.54, 1.807) is 0 Å². The molecule has 0 aromatic rings. The number of halogens is 1. The summed E-state index contributed by atoms with van der Waals surface area (Å²) in [4.78, 5) is 13.9. The molecule has 1 aliphatic rings. The van der Waals surface area contributed by atoms with Crippen LogP contribution in [-0.4, -0.2) is 55.7 Å². The molecular formula is C12H26ClN3O2. The Bertz CT molecular complexity index is 251. The van der Waals surface area contributed by atoms with Gasteiger partial charge in [0.1, 0.15) is 0 Å². The van der Waals surface area contributed by atoms with E-state index in [4.69, 9.17) is 10.5 Å². The molecule has 0 aromatic carbocycles. The molecule has 1 rings (SSSR count). The highest BCUT2D eigenvalue weighted by molar-refractivity contribution is 5.85. The Hall–Kier alpha value is -0.360. The molecular weight excluding hydrogens is 254 g/mol. The van der Waals surface area contributed by atoms with Crippen LogP contribution in [0.1, 0.15) is 20.8 Å². The van der Waals surface area contributed by atoms with E-state index in [1.165, 1.54) is 0 Å². The van der Waals surface area contributed by atoms with Gasteiger partial charge < -0.3 is 15.8 Å². The van der Waals surface area contributed by atoms with E-state index in [1.807, 2.05) is 6.92 Å². The van der Waals surface area contributed by atoms with Crippen LogP contribution in [0.25, 0.3) is 0 Å². The maximum absolute atomic E-state index is 11.8. The molecule has 0 aromatic heterocycles. The lowest BCUT2D eigenvalue weighted by molar-refractivity contribution is -0.125. The van der Waals surface area contributed by atoms with Crippen LogP contribution < -0.4 is 11.1 Å². The Morgan fingerprint density at radius 1 is 1.50 bits per heavy atom. The van der Waals surface area contributed by atoms with Crippen molar-refractivity contribution in [2.24, 2.45) is 11.7 Å². The second-order valence-electron chi connectivity index (χ2n) is 5.06. The van der Waals surface area contributed by atoms with Crippen molar-refractivity contribution in [3.8, 4) is 0 Å². The third-order valence-electron chi connectivity index (χ3n) is 3.24. The highest BCUT2D eigenvalue weighted by atomic mass is 35.5. The van der Waals surface area contributed by atoms with E-state index in [0.717, 1.165) is 13.1 Å². The first-order valence-electron chi connectivity index (χ1n) is 6.36. The monoisotopic (exact) mass is 279 g/mol. The van der Waals surface area contributed by atoms with E-state index < -0.39 is 0 Å². The second kappa shape index (κ2) is 8.69. The van der Waals surface area contributed by atoms with Gasteiger partial charge in [0.15, 0.2) is 0 Å². The zero-order chi connectivity index (χ0) is 12.8. The molecule has 108 valence electrons. The molecule has 1 fully saturated rings. The van der Waals surface area contributed by atoms with Gasteiger partial charge >= 0.3 is 0 Å². The molecule has 0 saturated carbocycles. The summed E-state index contributed by atoms with van der Waals surface area (Å²) in [5, 5.41) is 3.01. The number of morpholine rings is 1. The van der Waals surface area contributed by atoms with E-state index in [-0.39, 0.29) is 30.5 Å². The summed E-state index contributed by atoms with van der Waals surface area (Å²) in [5.74, 6) is 0.546. The summed E-state index contributed by atoms with van der Waals surface area (Å²) in [5.41, 5.74) is 5.56. The highest BCUT2D eigenvalue weighted by Gasteiger charge is 2.21. The van der Waals surface area contributed by atoms with Crippen LogP contribution in [0.15, 0.2) is 0 Å². The molecule has 0 aliphatic carbocycles. The van der Waals surface area contributed by atoms with Crippen LogP contribution in [0.3, 0.4) is 0 Å². The zero-order valence-electron chi connectivity index (χ0n) is 11.5. The number of nitrogens with one attached hydrogen (secondary N) is 1. The Balaban J connectivity index is 0.00000289. The van der Waals surface area contributed by atoms with Crippen molar-refractivity contribution in [3.05, 3.63) is 0 Å². The fourth-order valence-electron chi connectivity index (χ4n) is 1.74. The Morgan fingerprint density at radius 2 is 2.17 bits per heavy atom. The van der Waals surface area contributed by atoms with Crippen LogP contribution >= 0.6 is 12.4 Å². The summed E-state index contributed by atoms with van der Waals surface area (Å²) in [6.45, 7) is 9.41. The smallest absolute Gasteiger partial charge is 0.234 e. The van der Waals surface area contributed by atoms with Gasteiger partial charge in [0.25, 0.3) is 0 Å². The molecule has 3 N–H and O–H groups in total. The number of ether oxygens (including phenoxy) is 1. The average molecular weight is 280 g/mol. The lowest BCUT2D eigenvalue weighted by Crippen LogP contribution is -2.50. The van der Waals surface area contributed by atoms with Gasteiger partial charge in [0.2, 0.25) is 5.91 Å². The molecule has 2 atom stereocenters. The van der Waals surface area contributed by atoms with Gasteiger partial charge in [0, 0.05) is 25.7 Å². The van der Waals surface area contributed by atoms with Crippen LogP contribution in [-0.2, 0) is 9.53 Å². The minimum absolute atomic E-state index is 0. The maximum atomic E-state index is 11.8. The summed E-state index contributed by atoms with van der Waals surface area (Å²) in [6.07, 6.45) is 0.0686. The van der Waals surface area contributed by atoms with Crippen molar-refractivity contribution in [2.45, 2.75) is 32.9 Å². The average Bonchev–Trinajstić information content (AvgIpc) is 2.28. The summed E-state index contributed by atoms with van der Waals surface area (Å²) < 4.78 is 5.46. The van der Waals surface area contributed by atoms with Crippen LogP contribution in [0, 0.1) is 5.92 Å². The van der Waals surface area contributed by atoms with Crippen LogP contribution in [0.5, 0.6) is 0 Å². The van der Waals surface area contributed by atoms with Crippen molar-refractivity contribution >= 4 is 18.3 Å². The Kier molecular flexibility index (Phi) is 8.52. The number of hydrogen-bond donors (Lipinski definition) is 2. The van der Waals surface area contributed by atoms with E-state index >= 15 is 0 Å². The maximum Gasteiger partial charge on any atom is 0.234 e. The van der Waals surface area contributed by atoms with Gasteiger partial charge in [-0.05, 0) is 12.8 Å². The number of amides is 1. The van der Waals surface area contributed by atoms with Gasteiger partial charge in [0.05, 0.1) is 19.3 Å². The highest BCUT2D eigenvalue weighted by Crippen LogP contribution is 2.04. The number of carbonyl (C=O) groups is 1. The zero-order valence-corrected chi connectivity index (χ0v) is 12.3. The SMILES string of the molecule is CC(C)C(C)NC(=O)CN1CCOC(CN)C1.Cl. The van der Waals surface area contributed by atoms with Crippen molar-refractivity contribution in [1.29, 1.82) is 0 Å². The first-order valence-corrected chi connectivity index (χ1v) is 6.36. The molecule has 6 heteroatoms. The van der Waals surface area contributed by atoms with Crippen molar-refractivity contribution in [2.75, 3.05) is 32.8 Å². The number of nitrogens with zero attached hydrogens (tertiary/aromatic N) is 1. The molecule has 1 amide bonds. The fraction of sp³-hybridized carbons (Fsp3) is 0.917. The fourth-order valence-corrected chi connectivity index (χ4v) is 1.74. The molecule has 1 heterocycles. The van der Waals surface area contributed by atoms with Gasteiger partial charge in [-0.15, -0.1) is 12.4 Å². The summed E-state index contributed by atoms with van der Waals surface area (Å²) in [7, 11) is 0. The summed E-state index contributed by atoms with van der Waals surface area (Å²) >= 11 is 0. The minimum Gasteiger partial charge on any atom is -0.374 e. The van der Waals surface area contributed by atoms with E-state index in [9.17, 15) is 4.79 Å². The number of carbonyl (C=O) groups excluding carboxylic acids is 1. The number of nitrogens with two attached hydrogens (primary N) is 1. The first-order chi connectivity index (χ1) is 8.02. The standard InChI is InChI=1S/C12H25N3O2.ClH/c1-9(2)10(3)14-12(16)8-15-4-5-17-11(6-13)7-15;/h9-11H,4-8,13H2,1-3H3,(H,14,16);1H. The van der Waals surface area contributed by atoms with Crippen LogP contribution in [0.2, 0.25) is 0 Å². The largest absolute Gasteiger partial charge is 0.374 e. The normalized spacial score (nSPS) is 22.4. The minimum atomic E-state index is 0. The third kappa shape index (κ3) is 6.00. The molecule has 1 saturated heterocycles. The van der Waals surface area contributed by atoms with E-state index in [2.05, 4.69) is 24.1 Å². The Morgan fingerprint density at radius 3 is 2.72 bits per heavy atom. The molecule has 1 aliphatic heterocycles. The van der Waals surface area contributed by atoms with E-state index in [0.29, 0.717) is 25.6 Å². The first kappa shape index (κ1) is 17.6. The molecule has 0 bridgehead atoms. The third-order valence-corrected chi connectivity index (χ3v) is 3.24.